The summed E-state index contributed by atoms with van der Waals surface area (Å²) in [5.41, 5.74) is 2.53. The molecule has 0 aliphatic carbocycles. The Morgan fingerprint density at radius 1 is 0.848 bits per heavy atom. The molecule has 0 spiro atoms. The van der Waals surface area contributed by atoms with Crippen molar-refractivity contribution in [3.8, 4) is 11.1 Å². The van der Waals surface area contributed by atoms with E-state index in [-0.39, 0.29) is 10.6 Å². The maximum absolute atomic E-state index is 12.6. The number of carbonyl (C=O) groups excluding carboxylic acids is 3. The van der Waals surface area contributed by atoms with Gasteiger partial charge in [-0.2, -0.15) is 8.78 Å². The normalized spacial score (nSPS) is 10.5. The summed E-state index contributed by atoms with van der Waals surface area (Å²) >= 11 is 0.297. The Balaban J connectivity index is 1.44. The number of carbonyl (C=O) groups is 3. The second kappa shape index (κ2) is 11.8. The highest BCUT2D eigenvalue weighted by Crippen LogP contribution is 2.31. The fourth-order valence-electron chi connectivity index (χ4n) is 2.85. The van der Waals surface area contributed by atoms with Gasteiger partial charge < -0.3 is 15.4 Å². The summed E-state index contributed by atoms with van der Waals surface area (Å²) in [4.78, 5) is 36.3. The molecular weight excluding hydrogens is 450 g/mol. The van der Waals surface area contributed by atoms with Crippen molar-refractivity contribution < 1.29 is 27.9 Å². The van der Waals surface area contributed by atoms with Gasteiger partial charge in [-0.15, -0.1) is 0 Å². The van der Waals surface area contributed by atoms with Crippen LogP contribution in [0.5, 0.6) is 0 Å². The second-order valence-electron chi connectivity index (χ2n) is 6.71. The molecule has 0 fully saturated rings. The standard InChI is InChI=1S/C24H20F2N2O4S/c25-24(26)33-20-9-5-4-8-19(20)28-21(29)15-32-22(30)14-27-23(31)18-12-10-17(11-13-18)16-6-2-1-3-7-16/h1-13,24H,14-15H2,(H,27,31)(H,28,29). The van der Waals surface area contributed by atoms with Gasteiger partial charge in [-0.25, -0.2) is 0 Å². The van der Waals surface area contributed by atoms with E-state index < -0.39 is 36.7 Å². The summed E-state index contributed by atoms with van der Waals surface area (Å²) in [6, 6.07) is 22.6. The van der Waals surface area contributed by atoms with Crippen molar-refractivity contribution in [1.29, 1.82) is 0 Å². The number of anilines is 1. The van der Waals surface area contributed by atoms with Gasteiger partial charge >= 0.3 is 5.97 Å². The van der Waals surface area contributed by atoms with Crippen LogP contribution in [-0.2, 0) is 14.3 Å². The van der Waals surface area contributed by atoms with E-state index in [1.165, 1.54) is 12.1 Å². The highest BCUT2D eigenvalue weighted by Gasteiger charge is 2.14. The number of amides is 2. The van der Waals surface area contributed by atoms with Crippen molar-refractivity contribution in [1.82, 2.24) is 5.32 Å². The number of hydrogen-bond acceptors (Lipinski definition) is 5. The van der Waals surface area contributed by atoms with Gasteiger partial charge in [0.25, 0.3) is 17.6 Å². The summed E-state index contributed by atoms with van der Waals surface area (Å²) in [5, 5.41) is 4.85. The van der Waals surface area contributed by atoms with Crippen LogP contribution >= 0.6 is 11.8 Å². The lowest BCUT2D eigenvalue weighted by atomic mass is 10.0. The zero-order chi connectivity index (χ0) is 23.6. The third kappa shape index (κ3) is 7.43. The second-order valence-corrected chi connectivity index (χ2v) is 7.74. The van der Waals surface area contributed by atoms with Crippen LogP contribution in [0.4, 0.5) is 14.5 Å². The fraction of sp³-hybridized carbons (Fsp3) is 0.125. The number of nitrogens with one attached hydrogen (secondary N) is 2. The van der Waals surface area contributed by atoms with Crippen LogP contribution in [0.25, 0.3) is 11.1 Å². The first-order valence-electron chi connectivity index (χ1n) is 9.85. The molecule has 2 N–H and O–H groups in total. The van der Waals surface area contributed by atoms with Crippen molar-refractivity contribution >= 4 is 35.2 Å². The molecule has 3 rings (SSSR count). The molecule has 0 unspecified atom stereocenters. The SMILES string of the molecule is O=C(COC(=O)CNC(=O)c1ccc(-c2ccccc2)cc1)Nc1ccccc1SC(F)F. The van der Waals surface area contributed by atoms with Crippen molar-refractivity contribution in [3.63, 3.8) is 0 Å². The molecular formula is C24H20F2N2O4S. The molecule has 2 amide bonds. The molecule has 0 bridgehead atoms. The van der Waals surface area contributed by atoms with Gasteiger partial charge in [0.2, 0.25) is 0 Å². The maximum Gasteiger partial charge on any atom is 0.325 e. The molecule has 0 atom stereocenters. The van der Waals surface area contributed by atoms with Gasteiger partial charge in [0.05, 0.1) is 5.69 Å². The first kappa shape index (κ1) is 23.9. The van der Waals surface area contributed by atoms with Gasteiger partial charge in [0.1, 0.15) is 6.54 Å². The Morgan fingerprint density at radius 3 is 2.18 bits per heavy atom. The lowest BCUT2D eigenvalue weighted by Gasteiger charge is -2.11. The summed E-state index contributed by atoms with van der Waals surface area (Å²) < 4.78 is 30.1. The number of thioether (sulfide) groups is 1. The fourth-order valence-corrected chi connectivity index (χ4v) is 3.45. The highest BCUT2D eigenvalue weighted by molar-refractivity contribution is 7.99. The monoisotopic (exact) mass is 470 g/mol. The van der Waals surface area contributed by atoms with Crippen molar-refractivity contribution in [2.75, 3.05) is 18.5 Å². The molecule has 33 heavy (non-hydrogen) atoms. The lowest BCUT2D eigenvalue weighted by molar-refractivity contribution is -0.146. The Bertz CT molecular complexity index is 1110. The lowest BCUT2D eigenvalue weighted by Crippen LogP contribution is -2.32. The van der Waals surface area contributed by atoms with E-state index in [4.69, 9.17) is 4.74 Å². The van der Waals surface area contributed by atoms with Crippen LogP contribution < -0.4 is 10.6 Å². The topological polar surface area (TPSA) is 84.5 Å². The molecule has 0 aliphatic rings. The zero-order valence-electron chi connectivity index (χ0n) is 17.3. The quantitative estimate of drug-likeness (QED) is 0.353. The van der Waals surface area contributed by atoms with Crippen molar-refractivity contribution in [2.45, 2.75) is 10.7 Å². The van der Waals surface area contributed by atoms with Gasteiger partial charge in [-0.3, -0.25) is 14.4 Å². The minimum absolute atomic E-state index is 0.191. The molecule has 3 aromatic rings. The number of para-hydroxylation sites is 1. The molecule has 9 heteroatoms. The average Bonchev–Trinajstić information content (AvgIpc) is 2.83. The Kier molecular flexibility index (Phi) is 8.54. The smallest absolute Gasteiger partial charge is 0.325 e. The number of hydrogen-bond donors (Lipinski definition) is 2. The first-order chi connectivity index (χ1) is 15.9. The third-order valence-corrected chi connectivity index (χ3v) is 5.18. The maximum atomic E-state index is 12.6. The average molecular weight is 470 g/mol. The molecule has 3 aromatic carbocycles. The van der Waals surface area contributed by atoms with Crippen LogP contribution in [0.2, 0.25) is 0 Å². The number of benzene rings is 3. The third-order valence-electron chi connectivity index (χ3n) is 4.39. The van der Waals surface area contributed by atoms with Gasteiger partial charge in [-0.05, 0) is 35.4 Å². The van der Waals surface area contributed by atoms with E-state index in [1.807, 2.05) is 30.3 Å². The molecule has 0 aliphatic heterocycles. The van der Waals surface area contributed by atoms with Crippen LogP contribution in [-0.4, -0.2) is 36.7 Å². The van der Waals surface area contributed by atoms with E-state index >= 15 is 0 Å². The molecule has 0 aromatic heterocycles. The summed E-state index contributed by atoms with van der Waals surface area (Å²) in [7, 11) is 0. The number of rotatable bonds is 9. The Morgan fingerprint density at radius 2 is 1.48 bits per heavy atom. The molecule has 0 radical (unpaired) electrons. The molecule has 6 nitrogen and oxygen atoms in total. The molecule has 0 saturated carbocycles. The van der Waals surface area contributed by atoms with Crippen LogP contribution in [0.3, 0.4) is 0 Å². The molecule has 170 valence electrons. The summed E-state index contributed by atoms with van der Waals surface area (Å²) in [6.07, 6.45) is 0. The van der Waals surface area contributed by atoms with Crippen LogP contribution in [0.15, 0.2) is 83.8 Å². The minimum Gasteiger partial charge on any atom is -0.454 e. The number of alkyl halides is 2. The Hall–Kier alpha value is -3.72. The van der Waals surface area contributed by atoms with Crippen LogP contribution in [0.1, 0.15) is 10.4 Å². The predicted octanol–water partition coefficient (Wildman–Crippen LogP) is 4.58. The predicted molar refractivity (Wildman–Crippen MR) is 122 cm³/mol. The van der Waals surface area contributed by atoms with Gasteiger partial charge in [-0.1, -0.05) is 66.4 Å². The largest absolute Gasteiger partial charge is 0.454 e. The summed E-state index contributed by atoms with van der Waals surface area (Å²) in [6.45, 7) is -1.04. The van der Waals surface area contributed by atoms with Gasteiger partial charge in [0.15, 0.2) is 6.61 Å². The number of esters is 1. The number of ether oxygens (including phenoxy) is 1. The summed E-state index contributed by atoms with van der Waals surface area (Å²) in [5.74, 6) is -4.60. The van der Waals surface area contributed by atoms with Crippen LogP contribution in [0, 0.1) is 0 Å². The van der Waals surface area contributed by atoms with Crippen molar-refractivity contribution in [3.05, 3.63) is 84.4 Å². The minimum atomic E-state index is -2.64. The number of halogens is 2. The van der Waals surface area contributed by atoms with E-state index in [2.05, 4.69) is 10.6 Å². The van der Waals surface area contributed by atoms with E-state index in [0.29, 0.717) is 17.3 Å². The van der Waals surface area contributed by atoms with E-state index in [0.717, 1.165) is 11.1 Å². The van der Waals surface area contributed by atoms with Crippen molar-refractivity contribution in [2.24, 2.45) is 0 Å². The Labute approximate surface area is 193 Å². The first-order valence-corrected chi connectivity index (χ1v) is 10.7. The highest BCUT2D eigenvalue weighted by atomic mass is 32.2. The van der Waals surface area contributed by atoms with Gasteiger partial charge in [0, 0.05) is 10.5 Å². The molecule has 0 saturated heterocycles. The zero-order valence-corrected chi connectivity index (χ0v) is 18.1. The molecule has 0 heterocycles. The van der Waals surface area contributed by atoms with E-state index in [9.17, 15) is 23.2 Å². The van der Waals surface area contributed by atoms with E-state index in [1.54, 1.807) is 36.4 Å².